The monoisotopic (exact) mass is 235 g/mol. The van der Waals surface area contributed by atoms with Gasteiger partial charge in [-0.3, -0.25) is 0 Å². The van der Waals surface area contributed by atoms with Crippen molar-refractivity contribution in [2.75, 3.05) is 25.5 Å². The average Bonchev–Trinajstić information content (AvgIpc) is 2.82. The molecule has 0 aromatic heterocycles. The van der Waals surface area contributed by atoms with Crippen molar-refractivity contribution in [2.45, 2.75) is 12.5 Å². The van der Waals surface area contributed by atoms with Crippen molar-refractivity contribution in [1.29, 1.82) is 0 Å². The number of rotatable bonds is 3. The van der Waals surface area contributed by atoms with Gasteiger partial charge in [-0.05, 0) is 37.2 Å². The van der Waals surface area contributed by atoms with Gasteiger partial charge < -0.3 is 20.7 Å². The maximum Gasteiger partial charge on any atom is 0.319 e. The molecule has 0 saturated carbocycles. The quantitative estimate of drug-likeness (QED) is 0.737. The zero-order chi connectivity index (χ0) is 12.1. The van der Waals surface area contributed by atoms with E-state index in [4.69, 9.17) is 4.74 Å². The molecule has 0 radical (unpaired) electrons. The van der Waals surface area contributed by atoms with Crippen LogP contribution in [0.5, 0.6) is 5.75 Å². The number of carbonyl (C=O) groups is 1. The van der Waals surface area contributed by atoms with Crippen molar-refractivity contribution >= 4 is 11.7 Å². The fourth-order valence-electron chi connectivity index (χ4n) is 1.80. The first-order chi connectivity index (χ1) is 8.28. The van der Waals surface area contributed by atoms with E-state index in [2.05, 4.69) is 16.0 Å². The van der Waals surface area contributed by atoms with Gasteiger partial charge in [0.1, 0.15) is 5.75 Å². The molecule has 1 fully saturated rings. The number of methoxy groups -OCH3 is 1. The lowest BCUT2D eigenvalue weighted by molar-refractivity contribution is 0.249. The predicted octanol–water partition coefficient (Wildman–Crippen LogP) is 1.18. The summed E-state index contributed by atoms with van der Waals surface area (Å²) in [7, 11) is 1.61. The minimum absolute atomic E-state index is 0.163. The first kappa shape index (κ1) is 11.7. The lowest BCUT2D eigenvalue weighted by Crippen LogP contribution is -2.39. The molecular formula is C12H17N3O2. The zero-order valence-electron chi connectivity index (χ0n) is 9.82. The van der Waals surface area contributed by atoms with Gasteiger partial charge in [-0.2, -0.15) is 0 Å². The van der Waals surface area contributed by atoms with Crippen molar-refractivity contribution in [1.82, 2.24) is 10.6 Å². The van der Waals surface area contributed by atoms with Crippen molar-refractivity contribution in [3.8, 4) is 5.75 Å². The summed E-state index contributed by atoms with van der Waals surface area (Å²) in [6.07, 6.45) is 0.982. The van der Waals surface area contributed by atoms with Crippen LogP contribution < -0.4 is 20.7 Å². The molecule has 5 nitrogen and oxygen atoms in total. The molecule has 1 aliphatic heterocycles. The maximum absolute atomic E-state index is 11.6. The standard InChI is InChI=1S/C12H17N3O2/c1-17-11-4-2-9(3-5-11)14-12(16)15-10-6-7-13-8-10/h2-5,10,13H,6-8H2,1H3,(H2,14,15,16). The third-order valence-electron chi connectivity index (χ3n) is 2.74. The average molecular weight is 235 g/mol. The number of amides is 2. The number of carbonyl (C=O) groups excluding carboxylic acids is 1. The Morgan fingerprint density at radius 3 is 2.76 bits per heavy atom. The van der Waals surface area contributed by atoms with E-state index >= 15 is 0 Å². The first-order valence-electron chi connectivity index (χ1n) is 5.70. The summed E-state index contributed by atoms with van der Waals surface area (Å²) in [6.45, 7) is 1.81. The molecular weight excluding hydrogens is 218 g/mol. The van der Waals surface area contributed by atoms with E-state index in [0.29, 0.717) is 0 Å². The number of anilines is 1. The highest BCUT2D eigenvalue weighted by molar-refractivity contribution is 5.89. The highest BCUT2D eigenvalue weighted by atomic mass is 16.5. The van der Waals surface area contributed by atoms with Gasteiger partial charge in [0.05, 0.1) is 7.11 Å². The third kappa shape index (κ3) is 3.35. The van der Waals surface area contributed by atoms with Crippen LogP contribution in [0.1, 0.15) is 6.42 Å². The van der Waals surface area contributed by atoms with Crippen LogP contribution in [0, 0.1) is 0 Å². The Bertz CT molecular complexity index is 372. The normalized spacial score (nSPS) is 18.8. The molecule has 0 aliphatic carbocycles. The molecule has 0 spiro atoms. The van der Waals surface area contributed by atoms with Gasteiger partial charge in [-0.25, -0.2) is 4.79 Å². The first-order valence-corrected chi connectivity index (χ1v) is 5.70. The van der Waals surface area contributed by atoms with E-state index < -0.39 is 0 Å². The van der Waals surface area contributed by atoms with E-state index in [9.17, 15) is 4.79 Å². The van der Waals surface area contributed by atoms with E-state index in [1.165, 1.54) is 0 Å². The van der Waals surface area contributed by atoms with Crippen molar-refractivity contribution in [3.63, 3.8) is 0 Å². The molecule has 1 unspecified atom stereocenters. The second-order valence-electron chi connectivity index (χ2n) is 4.02. The van der Waals surface area contributed by atoms with Gasteiger partial charge in [0.2, 0.25) is 0 Å². The second-order valence-corrected chi connectivity index (χ2v) is 4.02. The summed E-state index contributed by atoms with van der Waals surface area (Å²) in [4.78, 5) is 11.6. The second kappa shape index (κ2) is 5.54. The van der Waals surface area contributed by atoms with Crippen LogP contribution in [0.3, 0.4) is 0 Å². The van der Waals surface area contributed by atoms with Gasteiger partial charge >= 0.3 is 6.03 Å². The van der Waals surface area contributed by atoms with E-state index in [1.807, 2.05) is 24.3 Å². The number of nitrogens with one attached hydrogen (secondary N) is 3. The van der Waals surface area contributed by atoms with Crippen LogP contribution in [-0.2, 0) is 0 Å². The SMILES string of the molecule is COc1ccc(NC(=O)NC2CCNC2)cc1. The largest absolute Gasteiger partial charge is 0.497 e. The van der Waals surface area contributed by atoms with Crippen molar-refractivity contribution in [2.24, 2.45) is 0 Å². The molecule has 17 heavy (non-hydrogen) atoms. The number of hydrogen-bond donors (Lipinski definition) is 3. The number of benzene rings is 1. The van der Waals surface area contributed by atoms with Crippen LogP contribution >= 0.6 is 0 Å². The van der Waals surface area contributed by atoms with Crippen LogP contribution in [0.25, 0.3) is 0 Å². The molecule has 1 aromatic rings. The smallest absolute Gasteiger partial charge is 0.319 e. The summed E-state index contributed by atoms with van der Waals surface area (Å²) < 4.78 is 5.05. The summed E-state index contributed by atoms with van der Waals surface area (Å²) >= 11 is 0. The molecule has 1 heterocycles. The summed E-state index contributed by atoms with van der Waals surface area (Å²) in [5.41, 5.74) is 0.759. The number of hydrogen-bond acceptors (Lipinski definition) is 3. The Hall–Kier alpha value is -1.75. The van der Waals surface area contributed by atoms with E-state index in [1.54, 1.807) is 7.11 Å². The summed E-state index contributed by atoms with van der Waals surface area (Å²) in [5.74, 6) is 0.774. The number of urea groups is 1. The van der Waals surface area contributed by atoms with E-state index in [0.717, 1.165) is 30.9 Å². The molecule has 3 N–H and O–H groups in total. The van der Waals surface area contributed by atoms with Gasteiger partial charge in [0.15, 0.2) is 0 Å². The van der Waals surface area contributed by atoms with Gasteiger partial charge in [-0.15, -0.1) is 0 Å². The van der Waals surface area contributed by atoms with Crippen molar-refractivity contribution < 1.29 is 9.53 Å². The van der Waals surface area contributed by atoms with Crippen molar-refractivity contribution in [3.05, 3.63) is 24.3 Å². The lowest BCUT2D eigenvalue weighted by Gasteiger charge is -2.12. The van der Waals surface area contributed by atoms with Crippen LogP contribution in [0.4, 0.5) is 10.5 Å². The molecule has 2 amide bonds. The lowest BCUT2D eigenvalue weighted by atomic mass is 10.2. The Kier molecular flexibility index (Phi) is 3.82. The molecule has 1 aromatic carbocycles. The topological polar surface area (TPSA) is 62.4 Å². The molecule has 5 heteroatoms. The van der Waals surface area contributed by atoms with Gasteiger partial charge in [-0.1, -0.05) is 0 Å². The minimum Gasteiger partial charge on any atom is -0.497 e. The Balaban J connectivity index is 1.84. The molecule has 1 saturated heterocycles. The van der Waals surface area contributed by atoms with Crippen LogP contribution in [0.2, 0.25) is 0 Å². The maximum atomic E-state index is 11.6. The zero-order valence-corrected chi connectivity index (χ0v) is 9.82. The fourth-order valence-corrected chi connectivity index (χ4v) is 1.80. The van der Waals surface area contributed by atoms with Gasteiger partial charge in [0.25, 0.3) is 0 Å². The number of ether oxygens (including phenoxy) is 1. The molecule has 1 atom stereocenters. The third-order valence-corrected chi connectivity index (χ3v) is 2.74. The molecule has 1 aliphatic rings. The Morgan fingerprint density at radius 1 is 1.41 bits per heavy atom. The molecule has 92 valence electrons. The fraction of sp³-hybridized carbons (Fsp3) is 0.417. The Labute approximate surface area is 101 Å². The van der Waals surface area contributed by atoms with E-state index in [-0.39, 0.29) is 12.1 Å². The summed E-state index contributed by atoms with van der Waals surface area (Å²) in [5, 5.41) is 8.90. The highest BCUT2D eigenvalue weighted by Gasteiger charge is 2.16. The minimum atomic E-state index is -0.163. The van der Waals surface area contributed by atoms with Gasteiger partial charge in [0, 0.05) is 18.3 Å². The van der Waals surface area contributed by atoms with Crippen LogP contribution in [0.15, 0.2) is 24.3 Å². The molecule has 2 rings (SSSR count). The van der Waals surface area contributed by atoms with Crippen LogP contribution in [-0.4, -0.2) is 32.3 Å². The summed E-state index contributed by atoms with van der Waals surface area (Å²) in [6, 6.07) is 7.31. The highest BCUT2D eigenvalue weighted by Crippen LogP contribution is 2.14. The molecule has 0 bridgehead atoms. The predicted molar refractivity (Wildman–Crippen MR) is 66.4 cm³/mol. The Morgan fingerprint density at radius 2 is 2.18 bits per heavy atom.